The zero-order valence-corrected chi connectivity index (χ0v) is 13.0. The van der Waals surface area contributed by atoms with Crippen molar-refractivity contribution in [3.63, 3.8) is 0 Å². The number of rotatable bonds is 6. The van der Waals surface area contributed by atoms with Crippen LogP contribution in [0, 0.1) is 6.92 Å². The van der Waals surface area contributed by atoms with Crippen molar-refractivity contribution in [1.29, 1.82) is 0 Å². The summed E-state index contributed by atoms with van der Waals surface area (Å²) in [5.41, 5.74) is 2.27. The van der Waals surface area contributed by atoms with Crippen molar-refractivity contribution >= 4 is 0 Å². The van der Waals surface area contributed by atoms with Crippen molar-refractivity contribution in [1.82, 2.24) is 9.80 Å². The molecule has 0 aromatic heterocycles. The summed E-state index contributed by atoms with van der Waals surface area (Å²) >= 11 is 0. The molecule has 0 amide bonds. The molecule has 0 bridgehead atoms. The maximum Gasteiger partial charge on any atom is 0.0804 e. The van der Waals surface area contributed by atoms with Gasteiger partial charge in [0.15, 0.2) is 0 Å². The number of nitrogens with zero attached hydrogens (tertiary/aromatic N) is 2. The molecular weight excluding hydrogens is 248 g/mol. The van der Waals surface area contributed by atoms with E-state index in [-0.39, 0.29) is 6.10 Å². The molecule has 1 aliphatic rings. The van der Waals surface area contributed by atoms with Gasteiger partial charge in [0.25, 0.3) is 0 Å². The van der Waals surface area contributed by atoms with Crippen LogP contribution in [-0.4, -0.2) is 54.7 Å². The van der Waals surface area contributed by atoms with Crippen molar-refractivity contribution in [2.45, 2.75) is 38.3 Å². The van der Waals surface area contributed by atoms with E-state index in [9.17, 15) is 5.11 Å². The summed E-state index contributed by atoms with van der Waals surface area (Å²) in [5.74, 6) is 0. The third-order valence-electron chi connectivity index (χ3n) is 4.31. The Morgan fingerprint density at radius 1 is 1.35 bits per heavy atom. The van der Waals surface area contributed by atoms with E-state index in [4.69, 9.17) is 0 Å². The summed E-state index contributed by atoms with van der Waals surface area (Å²) in [6.07, 6.45) is 3.07. The van der Waals surface area contributed by atoms with Gasteiger partial charge in [-0.2, -0.15) is 0 Å². The fourth-order valence-electron chi connectivity index (χ4n) is 3.22. The fourth-order valence-corrected chi connectivity index (χ4v) is 3.22. The van der Waals surface area contributed by atoms with Gasteiger partial charge >= 0.3 is 0 Å². The highest BCUT2D eigenvalue weighted by Gasteiger charge is 2.25. The maximum atomic E-state index is 10.4. The average molecular weight is 276 g/mol. The number of aryl methyl sites for hydroxylation is 1. The second-order valence-corrected chi connectivity index (χ2v) is 6.26. The molecule has 0 saturated carbocycles. The van der Waals surface area contributed by atoms with Gasteiger partial charge in [0.2, 0.25) is 0 Å². The first kappa shape index (κ1) is 15.5. The van der Waals surface area contributed by atoms with E-state index < -0.39 is 0 Å². The monoisotopic (exact) mass is 276 g/mol. The normalized spacial score (nSPS) is 21.6. The van der Waals surface area contributed by atoms with Gasteiger partial charge in [0, 0.05) is 19.1 Å². The lowest BCUT2D eigenvalue weighted by Gasteiger charge is -2.28. The van der Waals surface area contributed by atoms with Crippen LogP contribution in [0.15, 0.2) is 24.3 Å². The summed E-state index contributed by atoms with van der Waals surface area (Å²) in [4.78, 5) is 4.81. The first-order valence-electron chi connectivity index (χ1n) is 7.70. The topological polar surface area (TPSA) is 26.7 Å². The van der Waals surface area contributed by atoms with Crippen molar-refractivity contribution in [2.24, 2.45) is 0 Å². The van der Waals surface area contributed by atoms with Crippen LogP contribution >= 0.6 is 0 Å². The van der Waals surface area contributed by atoms with Gasteiger partial charge in [0.05, 0.1) is 6.10 Å². The highest BCUT2D eigenvalue weighted by molar-refractivity contribution is 5.27. The first-order valence-corrected chi connectivity index (χ1v) is 7.70. The Labute approximate surface area is 123 Å². The summed E-state index contributed by atoms with van der Waals surface area (Å²) in [5, 5.41) is 10.4. The minimum absolute atomic E-state index is 0.336. The van der Waals surface area contributed by atoms with Gasteiger partial charge in [0.1, 0.15) is 0 Å². The van der Waals surface area contributed by atoms with Crippen molar-refractivity contribution in [3.8, 4) is 0 Å². The van der Waals surface area contributed by atoms with Crippen molar-refractivity contribution in [2.75, 3.05) is 33.7 Å². The number of aliphatic hydroxyl groups is 1. The Kier molecular flexibility index (Phi) is 5.58. The molecule has 20 heavy (non-hydrogen) atoms. The van der Waals surface area contributed by atoms with E-state index in [1.807, 2.05) is 18.2 Å². The lowest BCUT2D eigenvalue weighted by atomic mass is 10.0. The number of hydrogen-bond acceptors (Lipinski definition) is 3. The summed E-state index contributed by atoms with van der Waals surface area (Å²) in [6, 6.07) is 8.81. The molecule has 3 nitrogen and oxygen atoms in total. The molecule has 1 aromatic rings. The molecule has 1 N–H and O–H groups in total. The Bertz CT molecular complexity index is 419. The van der Waals surface area contributed by atoms with Gasteiger partial charge < -0.3 is 10.0 Å². The van der Waals surface area contributed by atoms with Crippen LogP contribution in [0.3, 0.4) is 0 Å². The van der Waals surface area contributed by atoms with Crippen LogP contribution in [-0.2, 0) is 0 Å². The largest absolute Gasteiger partial charge is 0.388 e. The standard InChI is InChI=1S/C17H28N2O/c1-14-7-4-5-9-16(14)17(20)10-12-19-11-6-8-15(19)13-18(2)3/h4-5,7,9,15,17,20H,6,8,10-13H2,1-3H3. The van der Waals surface area contributed by atoms with Crippen LogP contribution in [0.2, 0.25) is 0 Å². The third-order valence-corrected chi connectivity index (χ3v) is 4.31. The number of aliphatic hydroxyl groups excluding tert-OH is 1. The molecule has 1 heterocycles. The van der Waals surface area contributed by atoms with Crippen molar-refractivity contribution in [3.05, 3.63) is 35.4 Å². The third kappa shape index (κ3) is 4.05. The molecule has 2 unspecified atom stereocenters. The van der Waals surface area contributed by atoms with Gasteiger partial charge in [-0.25, -0.2) is 0 Å². The van der Waals surface area contributed by atoms with E-state index in [0.29, 0.717) is 6.04 Å². The SMILES string of the molecule is Cc1ccccc1C(O)CCN1CCCC1CN(C)C. The fraction of sp³-hybridized carbons (Fsp3) is 0.647. The highest BCUT2D eigenvalue weighted by Crippen LogP contribution is 2.23. The minimum atomic E-state index is -0.336. The molecule has 3 heteroatoms. The Morgan fingerprint density at radius 2 is 2.10 bits per heavy atom. The maximum absolute atomic E-state index is 10.4. The zero-order chi connectivity index (χ0) is 14.5. The van der Waals surface area contributed by atoms with Crippen LogP contribution < -0.4 is 0 Å². The second-order valence-electron chi connectivity index (χ2n) is 6.26. The molecule has 0 aliphatic carbocycles. The van der Waals surface area contributed by atoms with Crippen LogP contribution in [0.1, 0.15) is 36.5 Å². The predicted molar refractivity (Wildman–Crippen MR) is 83.9 cm³/mol. The quantitative estimate of drug-likeness (QED) is 0.864. The number of likely N-dealkylation sites (N-methyl/N-ethyl adjacent to an activating group) is 1. The lowest BCUT2D eigenvalue weighted by molar-refractivity contribution is 0.130. The Balaban J connectivity index is 1.87. The van der Waals surface area contributed by atoms with Crippen LogP contribution in [0.5, 0.6) is 0 Å². The zero-order valence-electron chi connectivity index (χ0n) is 13.0. The van der Waals surface area contributed by atoms with Crippen LogP contribution in [0.25, 0.3) is 0 Å². The number of benzene rings is 1. The van der Waals surface area contributed by atoms with Gasteiger partial charge in [-0.1, -0.05) is 24.3 Å². The molecule has 1 saturated heterocycles. The molecule has 2 atom stereocenters. The van der Waals surface area contributed by atoms with E-state index in [2.05, 4.69) is 36.9 Å². The molecule has 1 aliphatic heterocycles. The van der Waals surface area contributed by atoms with E-state index in [1.54, 1.807) is 0 Å². The molecule has 1 fully saturated rings. The molecule has 2 rings (SSSR count). The number of hydrogen-bond donors (Lipinski definition) is 1. The highest BCUT2D eigenvalue weighted by atomic mass is 16.3. The van der Waals surface area contributed by atoms with E-state index in [0.717, 1.165) is 25.1 Å². The van der Waals surface area contributed by atoms with Crippen molar-refractivity contribution < 1.29 is 5.11 Å². The minimum Gasteiger partial charge on any atom is -0.388 e. The van der Waals surface area contributed by atoms with Gasteiger partial charge in [-0.05, 0) is 58.0 Å². The average Bonchev–Trinajstić information content (AvgIpc) is 2.83. The first-order chi connectivity index (χ1) is 9.58. The summed E-state index contributed by atoms with van der Waals surface area (Å²) in [6.45, 7) is 5.37. The predicted octanol–water partition coefficient (Wildman–Crippen LogP) is 2.44. The summed E-state index contributed by atoms with van der Waals surface area (Å²) in [7, 11) is 4.28. The van der Waals surface area contributed by atoms with Gasteiger partial charge in [-0.3, -0.25) is 4.90 Å². The van der Waals surface area contributed by atoms with Crippen LogP contribution in [0.4, 0.5) is 0 Å². The Hall–Kier alpha value is -0.900. The molecule has 0 radical (unpaired) electrons. The van der Waals surface area contributed by atoms with E-state index >= 15 is 0 Å². The molecule has 1 aromatic carbocycles. The van der Waals surface area contributed by atoms with E-state index in [1.165, 1.54) is 24.9 Å². The summed E-state index contributed by atoms with van der Waals surface area (Å²) < 4.78 is 0. The Morgan fingerprint density at radius 3 is 2.80 bits per heavy atom. The lowest BCUT2D eigenvalue weighted by Crippen LogP contribution is -2.38. The second kappa shape index (κ2) is 7.21. The molecule has 0 spiro atoms. The smallest absolute Gasteiger partial charge is 0.0804 e. The molecular formula is C17H28N2O. The number of likely N-dealkylation sites (tertiary alicyclic amines) is 1. The molecule has 112 valence electrons. The van der Waals surface area contributed by atoms with Gasteiger partial charge in [-0.15, -0.1) is 0 Å².